The molecule has 110 valence electrons. The topological polar surface area (TPSA) is 69.9 Å². The quantitative estimate of drug-likeness (QED) is 0.691. The van der Waals surface area contributed by atoms with Gasteiger partial charge in [-0.15, -0.1) is 5.10 Å². The Kier molecular flexibility index (Phi) is 3.65. The van der Waals surface area contributed by atoms with Crippen LogP contribution in [0.3, 0.4) is 0 Å². The van der Waals surface area contributed by atoms with Crippen LogP contribution in [0.25, 0.3) is 16.9 Å². The number of nitrogens with zero attached hydrogens (tertiary/aromatic N) is 4. The lowest BCUT2D eigenvalue weighted by Crippen LogP contribution is -2.03. The van der Waals surface area contributed by atoms with E-state index >= 15 is 0 Å². The van der Waals surface area contributed by atoms with E-state index in [1.54, 1.807) is 24.2 Å². The number of benzene rings is 1. The van der Waals surface area contributed by atoms with Crippen molar-refractivity contribution < 1.29 is 9.53 Å². The van der Waals surface area contributed by atoms with Gasteiger partial charge in [-0.25, -0.2) is 4.68 Å². The largest absolute Gasteiger partial charge is 0.494 e. The lowest BCUT2D eigenvalue weighted by atomic mass is 10.1. The Labute approximate surface area is 127 Å². The lowest BCUT2D eigenvalue weighted by Gasteiger charge is -2.12. The van der Waals surface area contributed by atoms with Gasteiger partial charge in [-0.1, -0.05) is 11.3 Å². The molecule has 0 radical (unpaired) electrons. The van der Waals surface area contributed by atoms with Gasteiger partial charge in [0.2, 0.25) is 0 Å². The zero-order chi connectivity index (χ0) is 15.5. The second-order valence-electron chi connectivity index (χ2n) is 4.76. The van der Waals surface area contributed by atoms with E-state index in [4.69, 9.17) is 4.74 Å². The van der Waals surface area contributed by atoms with E-state index in [1.807, 2.05) is 37.3 Å². The van der Waals surface area contributed by atoms with E-state index in [-0.39, 0.29) is 5.69 Å². The molecular formula is C16H14N4O2. The van der Waals surface area contributed by atoms with Crippen molar-refractivity contribution >= 4 is 6.29 Å². The molecule has 0 aliphatic rings. The van der Waals surface area contributed by atoms with E-state index in [9.17, 15) is 4.79 Å². The minimum absolute atomic E-state index is 0.273. The predicted octanol–water partition coefficient (Wildman–Crippen LogP) is 2.46. The van der Waals surface area contributed by atoms with Crippen LogP contribution in [-0.4, -0.2) is 33.4 Å². The summed E-state index contributed by atoms with van der Waals surface area (Å²) < 4.78 is 7.02. The molecule has 2 heterocycles. The third-order valence-corrected chi connectivity index (χ3v) is 3.32. The summed E-state index contributed by atoms with van der Waals surface area (Å²) in [4.78, 5) is 15.3. The Hall–Kier alpha value is -3.02. The van der Waals surface area contributed by atoms with Crippen LogP contribution in [0.5, 0.6) is 5.75 Å². The van der Waals surface area contributed by atoms with Crippen molar-refractivity contribution in [1.82, 2.24) is 20.0 Å². The van der Waals surface area contributed by atoms with Gasteiger partial charge in [0.15, 0.2) is 12.0 Å². The smallest absolute Gasteiger partial charge is 0.172 e. The fraction of sp³-hybridized carbons (Fsp3) is 0.125. The van der Waals surface area contributed by atoms with Crippen LogP contribution in [0.2, 0.25) is 0 Å². The lowest BCUT2D eigenvalue weighted by molar-refractivity contribution is 0.111. The number of methoxy groups -OCH3 is 1. The molecule has 0 atom stereocenters. The summed E-state index contributed by atoms with van der Waals surface area (Å²) >= 11 is 0. The number of aromatic nitrogens is 4. The highest BCUT2D eigenvalue weighted by Crippen LogP contribution is 2.29. The van der Waals surface area contributed by atoms with Crippen molar-refractivity contribution in [1.29, 1.82) is 0 Å². The second kappa shape index (κ2) is 5.77. The number of aldehydes is 1. The van der Waals surface area contributed by atoms with Crippen LogP contribution in [-0.2, 0) is 0 Å². The number of hydrogen-bond acceptors (Lipinski definition) is 5. The molecule has 3 rings (SSSR count). The number of hydrogen-bond donors (Lipinski definition) is 0. The van der Waals surface area contributed by atoms with Gasteiger partial charge in [0.1, 0.15) is 17.1 Å². The Morgan fingerprint density at radius 2 is 1.95 bits per heavy atom. The number of ether oxygens (including phenoxy) is 1. The van der Waals surface area contributed by atoms with Gasteiger partial charge < -0.3 is 4.74 Å². The molecule has 1 aromatic carbocycles. The van der Waals surface area contributed by atoms with Gasteiger partial charge >= 0.3 is 0 Å². The predicted molar refractivity (Wildman–Crippen MR) is 81.3 cm³/mol. The number of carbonyl (C=O) groups excluding carboxylic acids is 1. The van der Waals surface area contributed by atoms with E-state index in [0.717, 1.165) is 16.8 Å². The van der Waals surface area contributed by atoms with E-state index < -0.39 is 0 Å². The third kappa shape index (κ3) is 2.35. The number of rotatable bonds is 4. The first-order chi connectivity index (χ1) is 10.7. The molecule has 6 nitrogen and oxygen atoms in total. The van der Waals surface area contributed by atoms with Crippen LogP contribution in [0.1, 0.15) is 16.1 Å². The third-order valence-electron chi connectivity index (χ3n) is 3.32. The Morgan fingerprint density at radius 3 is 2.64 bits per heavy atom. The first-order valence-electron chi connectivity index (χ1n) is 6.71. The molecule has 0 aliphatic heterocycles. The van der Waals surface area contributed by atoms with Gasteiger partial charge in [-0.3, -0.25) is 9.78 Å². The molecule has 0 aliphatic carbocycles. The monoisotopic (exact) mass is 294 g/mol. The van der Waals surface area contributed by atoms with Crippen molar-refractivity contribution in [2.24, 2.45) is 0 Å². The zero-order valence-electron chi connectivity index (χ0n) is 12.2. The summed E-state index contributed by atoms with van der Waals surface area (Å²) in [6.45, 7) is 1.98. The first-order valence-corrected chi connectivity index (χ1v) is 6.71. The number of aryl methyl sites for hydroxylation is 1. The maximum absolute atomic E-state index is 11.3. The molecule has 2 aromatic heterocycles. The van der Waals surface area contributed by atoms with Gasteiger partial charge in [0.05, 0.1) is 7.11 Å². The van der Waals surface area contributed by atoms with Crippen molar-refractivity contribution in [3.05, 3.63) is 54.0 Å². The molecule has 0 amide bonds. The Bertz CT molecular complexity index is 812. The fourth-order valence-corrected chi connectivity index (χ4v) is 2.29. The molecule has 0 bridgehead atoms. The van der Waals surface area contributed by atoms with Crippen molar-refractivity contribution in [2.75, 3.05) is 7.11 Å². The van der Waals surface area contributed by atoms with Gasteiger partial charge in [0, 0.05) is 18.0 Å². The zero-order valence-corrected chi connectivity index (χ0v) is 12.2. The number of carbonyl (C=O) groups is 1. The minimum Gasteiger partial charge on any atom is -0.494 e. The van der Waals surface area contributed by atoms with Crippen LogP contribution in [0.15, 0.2) is 42.7 Å². The van der Waals surface area contributed by atoms with Crippen LogP contribution < -0.4 is 4.74 Å². The number of pyridine rings is 1. The summed E-state index contributed by atoms with van der Waals surface area (Å²) in [5.41, 5.74) is 3.48. The molecular weight excluding hydrogens is 280 g/mol. The summed E-state index contributed by atoms with van der Waals surface area (Å²) in [6.07, 6.45) is 4.02. The molecule has 0 saturated carbocycles. The second-order valence-corrected chi connectivity index (χ2v) is 4.76. The normalized spacial score (nSPS) is 10.5. The maximum Gasteiger partial charge on any atom is 0.172 e. The summed E-state index contributed by atoms with van der Waals surface area (Å²) in [6, 6.07) is 9.37. The summed E-state index contributed by atoms with van der Waals surface area (Å²) in [7, 11) is 1.60. The highest BCUT2D eigenvalue weighted by molar-refractivity contribution is 5.84. The maximum atomic E-state index is 11.3. The Morgan fingerprint density at radius 1 is 1.18 bits per heavy atom. The van der Waals surface area contributed by atoms with Crippen molar-refractivity contribution in [3.63, 3.8) is 0 Å². The van der Waals surface area contributed by atoms with Crippen LogP contribution in [0, 0.1) is 6.92 Å². The summed E-state index contributed by atoms with van der Waals surface area (Å²) in [5, 5.41) is 8.08. The fourth-order valence-electron chi connectivity index (χ4n) is 2.29. The molecule has 3 aromatic rings. The highest BCUT2D eigenvalue weighted by atomic mass is 16.5. The van der Waals surface area contributed by atoms with E-state index in [2.05, 4.69) is 15.3 Å². The average molecular weight is 294 g/mol. The van der Waals surface area contributed by atoms with Crippen molar-refractivity contribution in [2.45, 2.75) is 6.92 Å². The van der Waals surface area contributed by atoms with Crippen LogP contribution in [0.4, 0.5) is 0 Å². The molecule has 0 fully saturated rings. The first kappa shape index (κ1) is 13.9. The molecule has 0 unspecified atom stereocenters. The van der Waals surface area contributed by atoms with Gasteiger partial charge in [-0.2, -0.15) is 0 Å². The van der Waals surface area contributed by atoms with Gasteiger partial charge in [0.25, 0.3) is 0 Å². The van der Waals surface area contributed by atoms with E-state index in [1.165, 1.54) is 0 Å². The molecule has 22 heavy (non-hydrogen) atoms. The van der Waals surface area contributed by atoms with Crippen molar-refractivity contribution in [3.8, 4) is 22.7 Å². The van der Waals surface area contributed by atoms with E-state index in [0.29, 0.717) is 17.7 Å². The highest BCUT2D eigenvalue weighted by Gasteiger charge is 2.18. The molecule has 0 spiro atoms. The summed E-state index contributed by atoms with van der Waals surface area (Å²) in [5.74, 6) is 0.656. The molecule has 0 saturated heterocycles. The minimum atomic E-state index is 0.273. The van der Waals surface area contributed by atoms with Crippen LogP contribution >= 0.6 is 0 Å². The Balaban J connectivity index is 2.27. The van der Waals surface area contributed by atoms with Gasteiger partial charge in [-0.05, 0) is 36.8 Å². The average Bonchev–Trinajstić information content (AvgIpc) is 2.99. The standard InChI is InChI=1S/C16H14N4O2/c1-11-3-4-15(22-2)14(9-11)20-16(13(10-21)18-19-20)12-5-7-17-8-6-12/h3-10H,1-2H3. The molecule has 6 heteroatoms. The molecule has 0 N–H and O–H groups in total. The SMILES string of the molecule is COc1ccc(C)cc1-n1nnc(C=O)c1-c1ccncc1.